The summed E-state index contributed by atoms with van der Waals surface area (Å²) in [6.07, 6.45) is 3.27. The summed E-state index contributed by atoms with van der Waals surface area (Å²) in [4.78, 5) is 18.2. The molecule has 4 rings (SSSR count). The molecule has 2 atom stereocenters. The molecule has 0 spiro atoms. The first kappa shape index (κ1) is 15.1. The molecule has 2 aliphatic rings. The normalized spacial score (nSPS) is 22.7. The molecule has 24 heavy (non-hydrogen) atoms. The van der Waals surface area contributed by atoms with Crippen LogP contribution in [-0.4, -0.2) is 37.9 Å². The van der Waals surface area contributed by atoms with Crippen molar-refractivity contribution in [3.8, 4) is 0 Å². The van der Waals surface area contributed by atoms with E-state index < -0.39 is 10.0 Å². The zero-order valence-corrected chi connectivity index (χ0v) is 13.5. The van der Waals surface area contributed by atoms with Gasteiger partial charge in [0.1, 0.15) is 10.9 Å². The number of pyridine rings is 1. The largest absolute Gasteiger partial charge is 0.356 e. The van der Waals surface area contributed by atoms with E-state index in [1.54, 1.807) is 6.07 Å². The van der Waals surface area contributed by atoms with Crippen molar-refractivity contribution in [2.24, 2.45) is 0 Å². The molecular formula is C16H16N4O3S. The van der Waals surface area contributed by atoms with Gasteiger partial charge in [-0.3, -0.25) is 9.78 Å². The molecule has 2 aliphatic heterocycles. The zero-order valence-electron chi connectivity index (χ0n) is 12.7. The van der Waals surface area contributed by atoms with Crippen LogP contribution in [0.2, 0.25) is 0 Å². The van der Waals surface area contributed by atoms with Gasteiger partial charge in [0.2, 0.25) is 15.9 Å². The highest BCUT2D eigenvalue weighted by Gasteiger charge is 2.42. The first-order chi connectivity index (χ1) is 11.5. The highest BCUT2D eigenvalue weighted by molar-refractivity contribution is 7.89. The number of para-hydroxylation sites is 2. The lowest BCUT2D eigenvalue weighted by Gasteiger charge is -2.32. The molecular weight excluding hydrogens is 328 g/mol. The Kier molecular flexibility index (Phi) is 3.50. The summed E-state index contributed by atoms with van der Waals surface area (Å²) in [5.41, 5.74) is 1.68. The molecule has 1 saturated heterocycles. The third kappa shape index (κ3) is 2.53. The van der Waals surface area contributed by atoms with Gasteiger partial charge in [0.25, 0.3) is 0 Å². The molecule has 1 aromatic carbocycles. The second-order valence-electron chi connectivity index (χ2n) is 5.92. The topological polar surface area (TPSA) is 91.4 Å². The Bertz CT molecular complexity index is 885. The Morgan fingerprint density at radius 3 is 2.83 bits per heavy atom. The minimum atomic E-state index is -3.65. The monoisotopic (exact) mass is 344 g/mol. The SMILES string of the molecule is O=C1Nc2ccccc2N2C[C@@H](NS(=O)(=O)c3cccnc3)C[C@H]12. The average molecular weight is 344 g/mol. The maximum Gasteiger partial charge on any atom is 0.247 e. The van der Waals surface area contributed by atoms with Crippen LogP contribution in [0.3, 0.4) is 0 Å². The summed E-state index contributed by atoms with van der Waals surface area (Å²) >= 11 is 0. The molecule has 7 nitrogen and oxygen atoms in total. The molecule has 3 heterocycles. The van der Waals surface area contributed by atoms with Crippen LogP contribution < -0.4 is 14.9 Å². The third-order valence-corrected chi connectivity index (χ3v) is 5.85. The van der Waals surface area contributed by atoms with Crippen LogP contribution in [0.15, 0.2) is 53.7 Å². The molecule has 2 N–H and O–H groups in total. The molecule has 0 radical (unpaired) electrons. The minimum Gasteiger partial charge on any atom is -0.356 e. The number of carbonyl (C=O) groups excluding carboxylic acids is 1. The number of benzene rings is 1. The number of amides is 1. The maximum atomic E-state index is 12.5. The molecule has 0 unspecified atom stereocenters. The highest BCUT2D eigenvalue weighted by atomic mass is 32.2. The number of hydrogen-bond donors (Lipinski definition) is 2. The first-order valence-electron chi connectivity index (χ1n) is 7.63. The summed E-state index contributed by atoms with van der Waals surface area (Å²) in [6.45, 7) is 0.453. The van der Waals surface area contributed by atoms with Gasteiger partial charge in [-0.1, -0.05) is 12.1 Å². The molecule has 1 amide bonds. The second-order valence-corrected chi connectivity index (χ2v) is 7.63. The average Bonchev–Trinajstić information content (AvgIpc) is 3.00. The Morgan fingerprint density at radius 1 is 1.21 bits per heavy atom. The Morgan fingerprint density at radius 2 is 2.04 bits per heavy atom. The van der Waals surface area contributed by atoms with Gasteiger partial charge in [0.05, 0.1) is 11.4 Å². The van der Waals surface area contributed by atoms with Gasteiger partial charge in [-0.2, -0.15) is 0 Å². The van der Waals surface area contributed by atoms with Crippen LogP contribution >= 0.6 is 0 Å². The molecule has 1 fully saturated rings. The fourth-order valence-corrected chi connectivity index (χ4v) is 4.48. The van der Waals surface area contributed by atoms with E-state index in [2.05, 4.69) is 15.0 Å². The van der Waals surface area contributed by atoms with Gasteiger partial charge >= 0.3 is 0 Å². The summed E-state index contributed by atoms with van der Waals surface area (Å²) in [6, 6.07) is 9.92. The summed E-state index contributed by atoms with van der Waals surface area (Å²) in [5, 5.41) is 2.88. The number of sulfonamides is 1. The number of nitrogens with zero attached hydrogens (tertiary/aromatic N) is 2. The van der Waals surface area contributed by atoms with Gasteiger partial charge in [0, 0.05) is 25.0 Å². The van der Waals surface area contributed by atoms with Gasteiger partial charge in [-0.15, -0.1) is 0 Å². The number of hydrogen-bond acceptors (Lipinski definition) is 5. The number of rotatable bonds is 3. The van der Waals surface area contributed by atoms with E-state index in [1.165, 1.54) is 18.5 Å². The van der Waals surface area contributed by atoms with Crippen LogP contribution in [0.4, 0.5) is 11.4 Å². The van der Waals surface area contributed by atoms with E-state index in [4.69, 9.17) is 0 Å². The molecule has 8 heteroatoms. The van der Waals surface area contributed by atoms with E-state index in [-0.39, 0.29) is 22.9 Å². The Balaban J connectivity index is 1.58. The second kappa shape index (κ2) is 5.57. The molecule has 0 bridgehead atoms. The number of anilines is 2. The number of carbonyl (C=O) groups is 1. The molecule has 1 aromatic heterocycles. The standard InChI is InChI=1S/C16H16N4O3S/c21-16-15-8-11(19-24(22,23)12-4-3-7-17-9-12)10-20(15)14-6-2-1-5-13(14)18-16/h1-7,9,11,15,19H,8,10H2,(H,18,21)/t11-,15+/m0/s1. The predicted octanol–water partition coefficient (Wildman–Crippen LogP) is 0.959. The first-order valence-corrected chi connectivity index (χ1v) is 9.12. The van der Waals surface area contributed by atoms with Crippen LogP contribution in [0, 0.1) is 0 Å². The Hall–Kier alpha value is -2.45. The van der Waals surface area contributed by atoms with Crippen molar-refractivity contribution in [3.05, 3.63) is 48.8 Å². The van der Waals surface area contributed by atoms with Crippen molar-refractivity contribution in [2.45, 2.75) is 23.4 Å². The molecule has 0 saturated carbocycles. The van der Waals surface area contributed by atoms with Crippen molar-refractivity contribution < 1.29 is 13.2 Å². The number of fused-ring (bicyclic) bond motifs is 3. The predicted molar refractivity (Wildman–Crippen MR) is 89.2 cm³/mol. The van der Waals surface area contributed by atoms with Gasteiger partial charge < -0.3 is 10.2 Å². The van der Waals surface area contributed by atoms with Gasteiger partial charge in [-0.25, -0.2) is 13.1 Å². The van der Waals surface area contributed by atoms with Gasteiger partial charge in [0.15, 0.2) is 0 Å². The molecule has 124 valence electrons. The lowest BCUT2D eigenvalue weighted by Crippen LogP contribution is -2.44. The summed E-state index contributed by atoms with van der Waals surface area (Å²) in [5.74, 6) is -0.100. The van der Waals surface area contributed by atoms with Gasteiger partial charge in [-0.05, 0) is 30.7 Å². The third-order valence-electron chi connectivity index (χ3n) is 4.34. The number of aromatic nitrogens is 1. The van der Waals surface area contributed by atoms with E-state index >= 15 is 0 Å². The van der Waals surface area contributed by atoms with E-state index in [9.17, 15) is 13.2 Å². The van der Waals surface area contributed by atoms with Crippen molar-refractivity contribution in [2.75, 3.05) is 16.8 Å². The van der Waals surface area contributed by atoms with E-state index in [1.807, 2.05) is 29.2 Å². The van der Waals surface area contributed by atoms with Crippen LogP contribution in [-0.2, 0) is 14.8 Å². The lowest BCUT2D eigenvalue weighted by atomic mass is 10.1. The fraction of sp³-hybridized carbons (Fsp3) is 0.250. The minimum absolute atomic E-state index is 0.100. The summed E-state index contributed by atoms with van der Waals surface area (Å²) < 4.78 is 27.6. The zero-order chi connectivity index (χ0) is 16.7. The number of nitrogens with one attached hydrogen (secondary N) is 2. The molecule has 0 aliphatic carbocycles. The van der Waals surface area contributed by atoms with E-state index in [0.29, 0.717) is 13.0 Å². The van der Waals surface area contributed by atoms with Crippen LogP contribution in [0.25, 0.3) is 0 Å². The van der Waals surface area contributed by atoms with Crippen molar-refractivity contribution in [3.63, 3.8) is 0 Å². The lowest BCUT2D eigenvalue weighted by molar-refractivity contribution is -0.117. The Labute approximate surface area is 139 Å². The van der Waals surface area contributed by atoms with Crippen molar-refractivity contribution >= 4 is 27.3 Å². The smallest absolute Gasteiger partial charge is 0.247 e. The van der Waals surface area contributed by atoms with Crippen molar-refractivity contribution in [1.29, 1.82) is 0 Å². The van der Waals surface area contributed by atoms with Crippen LogP contribution in [0.5, 0.6) is 0 Å². The summed E-state index contributed by atoms with van der Waals surface area (Å²) in [7, 11) is -3.65. The maximum absolute atomic E-state index is 12.5. The van der Waals surface area contributed by atoms with E-state index in [0.717, 1.165) is 11.4 Å². The highest BCUT2D eigenvalue weighted by Crippen LogP contribution is 2.36. The fourth-order valence-electron chi connectivity index (χ4n) is 3.28. The van der Waals surface area contributed by atoms with Crippen molar-refractivity contribution in [1.82, 2.24) is 9.71 Å². The quantitative estimate of drug-likeness (QED) is 0.865. The molecule has 2 aromatic rings. The van der Waals surface area contributed by atoms with Crippen LogP contribution in [0.1, 0.15) is 6.42 Å².